The number of phenolic OH excluding ortho intramolecular Hbond substituents is 1. The predicted octanol–water partition coefficient (Wildman–Crippen LogP) is 0.401. The van der Waals surface area contributed by atoms with E-state index in [1.165, 1.54) is 12.1 Å². The van der Waals surface area contributed by atoms with Crippen molar-refractivity contribution in [2.45, 2.75) is 83.0 Å². The molecule has 1 aliphatic rings. The van der Waals surface area contributed by atoms with Gasteiger partial charge in [-0.2, -0.15) is 0 Å². The van der Waals surface area contributed by atoms with E-state index in [9.17, 15) is 29.4 Å². The lowest BCUT2D eigenvalue weighted by molar-refractivity contribution is -0.143. The van der Waals surface area contributed by atoms with Gasteiger partial charge in [0, 0.05) is 6.42 Å². The first-order chi connectivity index (χ1) is 17.7. The van der Waals surface area contributed by atoms with E-state index in [4.69, 9.17) is 5.73 Å². The lowest BCUT2D eigenvalue weighted by atomic mass is 9.96. The maximum atomic E-state index is 13.4. The molecule has 206 valence electrons. The molecule has 1 fully saturated rings. The molecule has 8 N–H and O–H groups in total. The van der Waals surface area contributed by atoms with Gasteiger partial charge in [0.2, 0.25) is 17.7 Å². The summed E-state index contributed by atoms with van der Waals surface area (Å²) in [5.41, 5.74) is 6.21. The van der Waals surface area contributed by atoms with Crippen LogP contribution in [0.1, 0.15) is 57.9 Å². The van der Waals surface area contributed by atoms with E-state index in [0.29, 0.717) is 37.8 Å². The fourth-order valence-electron chi connectivity index (χ4n) is 4.23. The second-order valence-corrected chi connectivity index (χ2v) is 9.64. The number of aromatic hydroxyl groups is 1. The van der Waals surface area contributed by atoms with E-state index in [2.05, 4.69) is 21.3 Å². The Hall–Kier alpha value is -3.18. The summed E-state index contributed by atoms with van der Waals surface area (Å²) in [7, 11) is 0. The van der Waals surface area contributed by atoms with Crippen LogP contribution in [0.3, 0.4) is 0 Å². The number of aliphatic carboxylic acids is 1. The van der Waals surface area contributed by atoms with Crippen molar-refractivity contribution in [2.75, 3.05) is 13.1 Å². The topological polar surface area (TPSA) is 183 Å². The number of benzene rings is 1. The second-order valence-electron chi connectivity index (χ2n) is 9.64. The summed E-state index contributed by atoms with van der Waals surface area (Å²) >= 11 is 0. The molecule has 0 bridgehead atoms. The molecule has 0 aromatic heterocycles. The Morgan fingerprint density at radius 1 is 1.05 bits per heavy atom. The van der Waals surface area contributed by atoms with E-state index >= 15 is 0 Å². The van der Waals surface area contributed by atoms with Gasteiger partial charge >= 0.3 is 5.97 Å². The minimum Gasteiger partial charge on any atom is -0.508 e. The first kappa shape index (κ1) is 30.0. The van der Waals surface area contributed by atoms with E-state index in [1.807, 2.05) is 6.92 Å². The Balaban J connectivity index is 2.18. The number of rotatable bonds is 15. The second kappa shape index (κ2) is 15.2. The number of carboxylic acids is 1. The van der Waals surface area contributed by atoms with Gasteiger partial charge in [-0.15, -0.1) is 0 Å². The third-order valence-corrected chi connectivity index (χ3v) is 6.74. The Morgan fingerprint density at radius 2 is 1.76 bits per heavy atom. The van der Waals surface area contributed by atoms with E-state index in [0.717, 1.165) is 13.0 Å². The molecule has 0 aliphatic carbocycles. The van der Waals surface area contributed by atoms with Crippen LogP contribution in [0.5, 0.6) is 5.75 Å². The van der Waals surface area contributed by atoms with E-state index in [-0.39, 0.29) is 30.4 Å². The minimum absolute atomic E-state index is 0.0805. The number of amides is 3. The van der Waals surface area contributed by atoms with Crippen LogP contribution in [-0.4, -0.2) is 71.2 Å². The number of unbranched alkanes of at least 4 members (excludes halogenated alkanes) is 1. The summed E-state index contributed by atoms with van der Waals surface area (Å²) in [5.74, 6) is -2.79. The standard InChI is InChI=1S/C26H41N5O6/c1-3-16(2)22(25(35)29-20(26(36)37)7-4-5-13-27)31-24(34)21(15-17-9-11-18(32)12-10-17)30-23(33)19-8-6-14-28-19/h9-12,16,19-22,28,32H,3-8,13-15,27H2,1-2H3,(H,29,35)(H,30,33)(H,31,34)(H,36,37). The summed E-state index contributed by atoms with van der Waals surface area (Å²) < 4.78 is 0. The SMILES string of the molecule is CCC(C)C(NC(=O)C(Cc1ccc(O)cc1)NC(=O)C1CCCN1)C(=O)NC(CCCCN)C(=O)O. The summed E-state index contributed by atoms with van der Waals surface area (Å²) in [6.07, 6.45) is 3.65. The van der Waals surface area contributed by atoms with Crippen LogP contribution in [0, 0.1) is 5.92 Å². The molecule has 3 amide bonds. The molecular formula is C26H41N5O6. The molecule has 5 unspecified atom stereocenters. The molecule has 5 atom stereocenters. The Kier molecular flexibility index (Phi) is 12.3. The highest BCUT2D eigenvalue weighted by Crippen LogP contribution is 2.14. The Bertz CT molecular complexity index is 903. The number of carbonyl (C=O) groups is 4. The van der Waals surface area contributed by atoms with Crippen molar-refractivity contribution >= 4 is 23.7 Å². The molecule has 2 rings (SSSR count). The van der Waals surface area contributed by atoms with E-state index in [1.54, 1.807) is 19.1 Å². The maximum absolute atomic E-state index is 13.4. The van der Waals surface area contributed by atoms with Crippen LogP contribution in [0.15, 0.2) is 24.3 Å². The number of nitrogens with two attached hydrogens (primary N) is 1. The molecule has 0 saturated carbocycles. The van der Waals surface area contributed by atoms with Gasteiger partial charge in [-0.1, -0.05) is 32.4 Å². The van der Waals surface area contributed by atoms with Gasteiger partial charge in [-0.3, -0.25) is 14.4 Å². The van der Waals surface area contributed by atoms with Crippen molar-refractivity contribution in [2.24, 2.45) is 11.7 Å². The van der Waals surface area contributed by atoms with Gasteiger partial charge in [-0.05, 0) is 68.8 Å². The number of nitrogens with one attached hydrogen (secondary N) is 4. The molecule has 1 aromatic rings. The van der Waals surface area contributed by atoms with Gasteiger partial charge in [0.05, 0.1) is 6.04 Å². The normalized spacial score (nSPS) is 18.3. The number of carboxylic acid groups (broad SMARTS) is 1. The summed E-state index contributed by atoms with van der Waals surface area (Å²) in [5, 5.41) is 30.4. The predicted molar refractivity (Wildman–Crippen MR) is 139 cm³/mol. The van der Waals surface area contributed by atoms with Gasteiger partial charge < -0.3 is 37.2 Å². The van der Waals surface area contributed by atoms with Crippen LogP contribution in [0.4, 0.5) is 0 Å². The number of hydrogen-bond donors (Lipinski definition) is 7. The smallest absolute Gasteiger partial charge is 0.326 e. The number of phenols is 1. The molecule has 0 radical (unpaired) electrons. The zero-order chi connectivity index (χ0) is 27.4. The highest BCUT2D eigenvalue weighted by atomic mass is 16.4. The molecule has 1 aromatic carbocycles. The van der Waals surface area contributed by atoms with Crippen LogP contribution in [0.2, 0.25) is 0 Å². The first-order valence-electron chi connectivity index (χ1n) is 13.0. The van der Waals surface area contributed by atoms with Crippen molar-refractivity contribution in [1.82, 2.24) is 21.3 Å². The Morgan fingerprint density at radius 3 is 2.32 bits per heavy atom. The molecular weight excluding hydrogens is 478 g/mol. The van der Waals surface area contributed by atoms with Gasteiger partial charge in [0.1, 0.15) is 23.9 Å². The molecule has 1 aliphatic heterocycles. The fraction of sp³-hybridized carbons (Fsp3) is 0.615. The lowest BCUT2D eigenvalue weighted by Crippen LogP contribution is -2.59. The number of hydrogen-bond acceptors (Lipinski definition) is 7. The monoisotopic (exact) mass is 519 g/mol. The van der Waals surface area contributed by atoms with E-state index < -0.39 is 42.0 Å². The largest absolute Gasteiger partial charge is 0.508 e. The fourth-order valence-corrected chi connectivity index (χ4v) is 4.23. The Labute approximate surface area is 217 Å². The third-order valence-electron chi connectivity index (χ3n) is 6.74. The average Bonchev–Trinajstić information content (AvgIpc) is 3.42. The summed E-state index contributed by atoms with van der Waals surface area (Å²) in [6.45, 7) is 4.81. The first-order valence-corrected chi connectivity index (χ1v) is 13.0. The van der Waals surface area contributed by atoms with Crippen LogP contribution in [0.25, 0.3) is 0 Å². The van der Waals surface area contributed by atoms with Gasteiger partial charge in [0.25, 0.3) is 0 Å². The molecule has 0 spiro atoms. The molecule has 37 heavy (non-hydrogen) atoms. The van der Waals surface area contributed by atoms with Crippen LogP contribution >= 0.6 is 0 Å². The van der Waals surface area contributed by atoms with Gasteiger partial charge in [-0.25, -0.2) is 4.79 Å². The highest BCUT2D eigenvalue weighted by molar-refractivity contribution is 5.94. The van der Waals surface area contributed by atoms with Gasteiger partial charge in [0.15, 0.2) is 0 Å². The quantitative estimate of drug-likeness (QED) is 0.162. The third kappa shape index (κ3) is 9.66. The molecule has 1 saturated heterocycles. The zero-order valence-electron chi connectivity index (χ0n) is 21.7. The average molecular weight is 520 g/mol. The molecule has 11 nitrogen and oxygen atoms in total. The van der Waals surface area contributed by atoms with Crippen molar-refractivity contribution in [1.29, 1.82) is 0 Å². The summed E-state index contributed by atoms with van der Waals surface area (Å²) in [6, 6.07) is 2.86. The zero-order valence-corrected chi connectivity index (χ0v) is 21.7. The summed E-state index contributed by atoms with van der Waals surface area (Å²) in [4.78, 5) is 51.1. The molecule has 11 heteroatoms. The van der Waals surface area contributed by atoms with Crippen molar-refractivity contribution < 1.29 is 29.4 Å². The number of carbonyl (C=O) groups excluding carboxylic acids is 3. The minimum atomic E-state index is -1.15. The molecule has 1 heterocycles. The lowest BCUT2D eigenvalue weighted by Gasteiger charge is -2.28. The highest BCUT2D eigenvalue weighted by Gasteiger charge is 2.33. The maximum Gasteiger partial charge on any atom is 0.326 e. The van der Waals surface area contributed by atoms with Crippen LogP contribution < -0.4 is 27.0 Å². The van der Waals surface area contributed by atoms with Crippen molar-refractivity contribution in [3.05, 3.63) is 29.8 Å². The van der Waals surface area contributed by atoms with Crippen molar-refractivity contribution in [3.63, 3.8) is 0 Å². The van der Waals surface area contributed by atoms with Crippen LogP contribution in [-0.2, 0) is 25.6 Å². The van der Waals surface area contributed by atoms with Crippen molar-refractivity contribution in [3.8, 4) is 5.75 Å².